The molecule has 39 heavy (non-hydrogen) atoms. The number of ether oxygens (including phenoxy) is 1. The number of benzene rings is 3. The van der Waals surface area contributed by atoms with Gasteiger partial charge in [-0.15, -0.1) is 0 Å². The summed E-state index contributed by atoms with van der Waals surface area (Å²) in [6.07, 6.45) is 2.07. The number of carbonyl (C=O) groups excluding carboxylic acids is 2. The molecule has 208 valence electrons. The highest BCUT2D eigenvalue weighted by molar-refractivity contribution is 7.92. The normalized spacial score (nSPS) is 12.7. The van der Waals surface area contributed by atoms with E-state index < -0.39 is 28.5 Å². The number of carbonyl (C=O) groups is 2. The molecule has 8 nitrogen and oxygen atoms in total. The Kier molecular flexibility index (Phi) is 10.5. The highest BCUT2D eigenvalue weighted by Crippen LogP contribution is 2.23. The monoisotopic (exact) mass is 551 g/mol. The Labute approximate surface area is 231 Å². The van der Waals surface area contributed by atoms with Crippen LogP contribution in [0.1, 0.15) is 31.4 Å². The van der Waals surface area contributed by atoms with E-state index in [0.29, 0.717) is 11.4 Å². The number of anilines is 1. The van der Waals surface area contributed by atoms with Crippen molar-refractivity contribution in [2.24, 2.45) is 0 Å². The van der Waals surface area contributed by atoms with Crippen LogP contribution < -0.4 is 14.4 Å². The topological polar surface area (TPSA) is 96.0 Å². The molecule has 0 saturated heterocycles. The van der Waals surface area contributed by atoms with Gasteiger partial charge in [-0.3, -0.25) is 13.9 Å². The summed E-state index contributed by atoms with van der Waals surface area (Å²) in [5.41, 5.74) is 2.05. The maximum Gasteiger partial charge on any atom is 0.244 e. The first kappa shape index (κ1) is 29.7. The summed E-state index contributed by atoms with van der Waals surface area (Å²) in [5, 5.41) is 3.02. The first-order chi connectivity index (χ1) is 18.6. The second kappa shape index (κ2) is 13.8. The van der Waals surface area contributed by atoms with Crippen LogP contribution in [0.3, 0.4) is 0 Å². The van der Waals surface area contributed by atoms with Gasteiger partial charge in [-0.05, 0) is 48.7 Å². The van der Waals surface area contributed by atoms with Crippen molar-refractivity contribution < 1.29 is 22.7 Å². The molecule has 0 radical (unpaired) electrons. The number of hydrogen-bond acceptors (Lipinski definition) is 5. The molecule has 0 aromatic heterocycles. The molecule has 0 aliphatic heterocycles. The molecule has 3 aromatic carbocycles. The van der Waals surface area contributed by atoms with Crippen LogP contribution >= 0.6 is 0 Å². The van der Waals surface area contributed by atoms with Crippen molar-refractivity contribution in [3.05, 3.63) is 96.1 Å². The van der Waals surface area contributed by atoms with E-state index in [1.807, 2.05) is 74.5 Å². The van der Waals surface area contributed by atoms with E-state index in [1.165, 1.54) is 12.0 Å². The summed E-state index contributed by atoms with van der Waals surface area (Å²) in [6, 6.07) is 24.4. The minimum atomic E-state index is -3.82. The molecule has 0 bridgehead atoms. The highest BCUT2D eigenvalue weighted by atomic mass is 32.2. The fourth-order valence-corrected chi connectivity index (χ4v) is 4.99. The molecule has 3 rings (SSSR count). The van der Waals surface area contributed by atoms with Crippen LogP contribution in [0.5, 0.6) is 5.75 Å². The number of nitrogens with zero attached hydrogens (tertiary/aromatic N) is 2. The summed E-state index contributed by atoms with van der Waals surface area (Å²) in [6.45, 7) is 3.57. The van der Waals surface area contributed by atoms with E-state index in [0.717, 1.165) is 28.1 Å². The quantitative estimate of drug-likeness (QED) is 0.346. The smallest absolute Gasteiger partial charge is 0.244 e. The lowest BCUT2D eigenvalue weighted by atomic mass is 10.0. The molecule has 0 aliphatic rings. The Morgan fingerprint density at radius 2 is 1.46 bits per heavy atom. The average Bonchev–Trinajstić information content (AvgIpc) is 2.94. The number of sulfonamides is 1. The summed E-state index contributed by atoms with van der Waals surface area (Å²) < 4.78 is 31.9. The molecule has 0 heterocycles. The second-order valence-electron chi connectivity index (χ2n) is 9.50. The van der Waals surface area contributed by atoms with Gasteiger partial charge in [0.2, 0.25) is 21.8 Å². The number of hydrogen-bond donors (Lipinski definition) is 1. The molecule has 3 aromatic rings. The molecule has 2 atom stereocenters. The van der Waals surface area contributed by atoms with Crippen molar-refractivity contribution in [3.63, 3.8) is 0 Å². The molecule has 0 unspecified atom stereocenters. The van der Waals surface area contributed by atoms with Gasteiger partial charge in [0, 0.05) is 19.0 Å². The summed E-state index contributed by atoms with van der Waals surface area (Å²) >= 11 is 0. The number of nitrogens with one attached hydrogen (secondary N) is 1. The van der Waals surface area contributed by atoms with Crippen LogP contribution in [0.2, 0.25) is 0 Å². The van der Waals surface area contributed by atoms with Crippen molar-refractivity contribution in [3.8, 4) is 5.75 Å². The molecule has 0 aliphatic carbocycles. The maximum absolute atomic E-state index is 14.0. The summed E-state index contributed by atoms with van der Waals surface area (Å²) in [7, 11) is -2.30. The van der Waals surface area contributed by atoms with Crippen LogP contribution in [-0.2, 0) is 32.6 Å². The van der Waals surface area contributed by atoms with Gasteiger partial charge >= 0.3 is 0 Å². The van der Waals surface area contributed by atoms with Gasteiger partial charge in [0.15, 0.2) is 0 Å². The molecular formula is C30H37N3O5S. The van der Waals surface area contributed by atoms with Gasteiger partial charge in [-0.2, -0.15) is 0 Å². The first-order valence-electron chi connectivity index (χ1n) is 12.9. The second-order valence-corrected chi connectivity index (χ2v) is 11.4. The fourth-order valence-electron chi connectivity index (χ4n) is 4.14. The van der Waals surface area contributed by atoms with Gasteiger partial charge in [0.05, 0.1) is 19.1 Å². The molecule has 2 amide bonds. The Morgan fingerprint density at radius 1 is 0.897 bits per heavy atom. The van der Waals surface area contributed by atoms with E-state index in [9.17, 15) is 18.0 Å². The van der Waals surface area contributed by atoms with Gasteiger partial charge < -0.3 is 15.0 Å². The van der Waals surface area contributed by atoms with Gasteiger partial charge in [0.25, 0.3) is 0 Å². The van der Waals surface area contributed by atoms with Crippen molar-refractivity contribution in [2.45, 2.75) is 45.3 Å². The molecule has 9 heteroatoms. The Balaban J connectivity index is 2.02. The van der Waals surface area contributed by atoms with E-state index in [-0.39, 0.29) is 24.9 Å². The molecule has 0 fully saturated rings. The van der Waals surface area contributed by atoms with Crippen LogP contribution in [0.25, 0.3) is 0 Å². The Bertz CT molecular complexity index is 1320. The molecule has 0 saturated carbocycles. The third-order valence-electron chi connectivity index (χ3n) is 6.51. The molecule has 0 spiro atoms. The molecular weight excluding hydrogens is 514 g/mol. The number of amides is 2. The van der Waals surface area contributed by atoms with E-state index in [1.54, 1.807) is 24.3 Å². The standard InChI is InChI=1S/C30H37N3O5S/c1-5-23(2)31-30(35)28(20-24-12-8-6-9-13-24)32(21-25-14-10-7-11-15-25)29(34)22-33(39(4,36)37)26-16-18-27(38-3)19-17-26/h6-19,23,28H,5,20-22H2,1-4H3,(H,31,35)/t23-,28+/m1/s1. The summed E-state index contributed by atoms with van der Waals surface area (Å²) in [5.74, 6) is -0.206. The van der Waals surface area contributed by atoms with Gasteiger partial charge in [0.1, 0.15) is 18.3 Å². The number of rotatable bonds is 13. The maximum atomic E-state index is 14.0. The van der Waals surface area contributed by atoms with E-state index >= 15 is 0 Å². The van der Waals surface area contributed by atoms with E-state index in [2.05, 4.69) is 5.32 Å². The van der Waals surface area contributed by atoms with Gasteiger partial charge in [-0.25, -0.2) is 8.42 Å². The fraction of sp³-hybridized carbons (Fsp3) is 0.333. The SMILES string of the molecule is CC[C@@H](C)NC(=O)[C@H](Cc1ccccc1)N(Cc1ccccc1)C(=O)CN(c1ccc(OC)cc1)S(C)(=O)=O. The van der Waals surface area contributed by atoms with Crippen molar-refractivity contribution in [1.29, 1.82) is 0 Å². The lowest BCUT2D eigenvalue weighted by Gasteiger charge is -2.34. The lowest BCUT2D eigenvalue weighted by molar-refractivity contribution is -0.140. The lowest BCUT2D eigenvalue weighted by Crippen LogP contribution is -2.54. The van der Waals surface area contributed by atoms with Crippen LogP contribution in [0.15, 0.2) is 84.9 Å². The average molecular weight is 552 g/mol. The Hall–Kier alpha value is -3.85. The van der Waals surface area contributed by atoms with Crippen molar-refractivity contribution in [1.82, 2.24) is 10.2 Å². The minimum absolute atomic E-state index is 0.0868. The predicted octanol–water partition coefficient (Wildman–Crippen LogP) is 4.02. The zero-order chi connectivity index (χ0) is 28.4. The Morgan fingerprint density at radius 3 is 1.97 bits per heavy atom. The van der Waals surface area contributed by atoms with Crippen molar-refractivity contribution >= 4 is 27.5 Å². The third-order valence-corrected chi connectivity index (χ3v) is 7.65. The predicted molar refractivity (Wildman–Crippen MR) is 154 cm³/mol. The van der Waals surface area contributed by atoms with Crippen molar-refractivity contribution in [2.75, 3.05) is 24.2 Å². The highest BCUT2D eigenvalue weighted by Gasteiger charge is 2.33. The third kappa shape index (κ3) is 8.58. The van der Waals surface area contributed by atoms with Crippen LogP contribution in [-0.4, -0.2) is 57.1 Å². The van der Waals surface area contributed by atoms with Gasteiger partial charge in [-0.1, -0.05) is 67.6 Å². The first-order valence-corrected chi connectivity index (χ1v) is 14.8. The minimum Gasteiger partial charge on any atom is -0.497 e. The summed E-state index contributed by atoms with van der Waals surface area (Å²) in [4.78, 5) is 29.1. The number of methoxy groups -OCH3 is 1. The largest absolute Gasteiger partial charge is 0.497 e. The van der Waals surface area contributed by atoms with E-state index in [4.69, 9.17) is 4.74 Å². The van der Waals surface area contributed by atoms with Crippen LogP contribution in [0, 0.1) is 0 Å². The van der Waals surface area contributed by atoms with Crippen LogP contribution in [0.4, 0.5) is 5.69 Å². The zero-order valence-electron chi connectivity index (χ0n) is 22.9. The zero-order valence-corrected chi connectivity index (χ0v) is 23.7. The molecule has 1 N–H and O–H groups in total.